The highest BCUT2D eigenvalue weighted by atomic mass is 15.0. The molecular formula is C33H21N5. The maximum atomic E-state index is 5.15. The Balaban J connectivity index is 1.31. The summed E-state index contributed by atoms with van der Waals surface area (Å²) in [6.45, 7) is 0. The predicted molar refractivity (Wildman–Crippen MR) is 153 cm³/mol. The van der Waals surface area contributed by atoms with Crippen LogP contribution in [0, 0.1) is 0 Å². The van der Waals surface area contributed by atoms with E-state index in [1.165, 1.54) is 0 Å². The second-order valence-corrected chi connectivity index (χ2v) is 9.47. The van der Waals surface area contributed by atoms with Crippen molar-refractivity contribution in [2.75, 3.05) is 0 Å². The van der Waals surface area contributed by atoms with Crippen LogP contribution in [0.15, 0.2) is 128 Å². The minimum atomic E-state index is 0.915. The molecule has 0 unspecified atom stereocenters. The second kappa shape index (κ2) is 8.11. The molecule has 38 heavy (non-hydrogen) atoms. The number of rotatable bonds is 3. The predicted octanol–water partition coefficient (Wildman–Crippen LogP) is 7.68. The van der Waals surface area contributed by atoms with Gasteiger partial charge in [0.2, 0.25) is 0 Å². The van der Waals surface area contributed by atoms with Crippen LogP contribution in [-0.4, -0.2) is 23.8 Å². The Morgan fingerprint density at radius 2 is 1.24 bits per heavy atom. The second-order valence-electron chi connectivity index (χ2n) is 9.47. The highest BCUT2D eigenvalue weighted by Gasteiger charge is 2.16. The Morgan fingerprint density at radius 1 is 0.526 bits per heavy atom. The minimum absolute atomic E-state index is 0.915. The molecule has 5 heterocycles. The van der Waals surface area contributed by atoms with E-state index in [-0.39, 0.29) is 0 Å². The van der Waals surface area contributed by atoms with Crippen LogP contribution in [0.4, 0.5) is 0 Å². The molecule has 0 N–H and O–H groups in total. The monoisotopic (exact) mass is 487 g/mol. The SMILES string of the molecule is c1cc(-c2cccc(-c3nc4ccccc4c4nc5ccccn5c34)c2)cc(-c2cn3ccccc3n2)c1. The van der Waals surface area contributed by atoms with Crippen LogP contribution < -0.4 is 0 Å². The van der Waals surface area contributed by atoms with Crippen molar-refractivity contribution in [3.8, 4) is 33.6 Å². The zero-order valence-corrected chi connectivity index (χ0v) is 20.4. The molecule has 0 aliphatic heterocycles. The molecule has 178 valence electrons. The summed E-state index contributed by atoms with van der Waals surface area (Å²) >= 11 is 0. The normalized spacial score (nSPS) is 11.7. The number of imidazole rings is 2. The van der Waals surface area contributed by atoms with Crippen LogP contribution in [0.5, 0.6) is 0 Å². The maximum absolute atomic E-state index is 5.15. The average molecular weight is 488 g/mol. The van der Waals surface area contributed by atoms with Gasteiger partial charge in [0.05, 0.1) is 22.4 Å². The van der Waals surface area contributed by atoms with Crippen molar-refractivity contribution >= 4 is 33.2 Å². The molecule has 0 bridgehead atoms. The lowest BCUT2D eigenvalue weighted by Crippen LogP contribution is -1.92. The van der Waals surface area contributed by atoms with E-state index in [2.05, 4.69) is 81.9 Å². The summed E-state index contributed by atoms with van der Waals surface area (Å²) in [6.07, 6.45) is 6.16. The lowest BCUT2D eigenvalue weighted by atomic mass is 9.98. The Morgan fingerprint density at radius 3 is 2.11 bits per heavy atom. The van der Waals surface area contributed by atoms with E-state index in [1.807, 2.05) is 54.7 Å². The average Bonchev–Trinajstić information content (AvgIpc) is 3.59. The molecule has 0 radical (unpaired) electrons. The van der Waals surface area contributed by atoms with Gasteiger partial charge in [-0.2, -0.15) is 0 Å². The fourth-order valence-corrected chi connectivity index (χ4v) is 5.33. The zero-order chi connectivity index (χ0) is 25.1. The highest BCUT2D eigenvalue weighted by molar-refractivity contribution is 6.09. The fraction of sp³-hybridized carbons (Fsp3) is 0. The van der Waals surface area contributed by atoms with Crippen molar-refractivity contribution in [1.29, 1.82) is 0 Å². The maximum Gasteiger partial charge on any atom is 0.137 e. The molecule has 0 aliphatic carbocycles. The summed E-state index contributed by atoms with van der Waals surface area (Å²) in [4.78, 5) is 14.9. The molecule has 0 aliphatic rings. The molecule has 0 saturated heterocycles. The fourth-order valence-electron chi connectivity index (χ4n) is 5.33. The molecule has 5 heteroatoms. The summed E-state index contributed by atoms with van der Waals surface area (Å²) in [5.74, 6) is 0. The van der Waals surface area contributed by atoms with Gasteiger partial charge in [-0.05, 0) is 53.6 Å². The van der Waals surface area contributed by atoms with Crippen LogP contribution in [0.3, 0.4) is 0 Å². The number of fused-ring (bicyclic) bond motifs is 6. The van der Waals surface area contributed by atoms with Crippen molar-refractivity contribution < 1.29 is 0 Å². The summed E-state index contributed by atoms with van der Waals surface area (Å²) < 4.78 is 4.19. The van der Waals surface area contributed by atoms with Crippen LogP contribution >= 0.6 is 0 Å². The van der Waals surface area contributed by atoms with Gasteiger partial charge in [-0.25, -0.2) is 15.0 Å². The van der Waals surface area contributed by atoms with Crippen LogP contribution in [0.2, 0.25) is 0 Å². The molecular weight excluding hydrogens is 466 g/mol. The molecule has 0 saturated carbocycles. The molecule has 8 aromatic rings. The number of aromatic nitrogens is 5. The Hall–Kier alpha value is -5.29. The molecule has 5 nitrogen and oxygen atoms in total. The first kappa shape index (κ1) is 20.9. The van der Waals surface area contributed by atoms with E-state index in [0.717, 1.165) is 66.9 Å². The lowest BCUT2D eigenvalue weighted by molar-refractivity contribution is 1.19. The third-order valence-electron chi connectivity index (χ3n) is 7.14. The third kappa shape index (κ3) is 3.22. The number of hydrogen-bond acceptors (Lipinski definition) is 3. The van der Waals surface area contributed by atoms with Gasteiger partial charge in [-0.1, -0.05) is 66.7 Å². The summed E-state index contributed by atoms with van der Waals surface area (Å²) in [5, 5.41) is 1.06. The minimum Gasteiger partial charge on any atom is -0.306 e. The van der Waals surface area contributed by atoms with Crippen molar-refractivity contribution in [3.63, 3.8) is 0 Å². The van der Waals surface area contributed by atoms with E-state index >= 15 is 0 Å². The van der Waals surface area contributed by atoms with Crippen molar-refractivity contribution in [2.24, 2.45) is 0 Å². The zero-order valence-electron chi connectivity index (χ0n) is 20.4. The van der Waals surface area contributed by atoms with Gasteiger partial charge in [0, 0.05) is 35.1 Å². The van der Waals surface area contributed by atoms with Gasteiger partial charge in [-0.3, -0.25) is 4.40 Å². The first-order chi connectivity index (χ1) is 18.8. The third-order valence-corrected chi connectivity index (χ3v) is 7.14. The number of benzene rings is 3. The van der Waals surface area contributed by atoms with Gasteiger partial charge in [0.25, 0.3) is 0 Å². The lowest BCUT2D eigenvalue weighted by Gasteiger charge is -2.10. The van der Waals surface area contributed by atoms with Gasteiger partial charge < -0.3 is 4.40 Å². The molecule has 3 aromatic carbocycles. The first-order valence-corrected chi connectivity index (χ1v) is 12.6. The van der Waals surface area contributed by atoms with Gasteiger partial charge in [0.1, 0.15) is 16.8 Å². The molecule has 8 rings (SSSR count). The summed E-state index contributed by atoms with van der Waals surface area (Å²) in [6, 6.07) is 37.6. The van der Waals surface area contributed by atoms with Crippen molar-refractivity contribution in [2.45, 2.75) is 0 Å². The first-order valence-electron chi connectivity index (χ1n) is 12.6. The number of nitrogens with zero attached hydrogens (tertiary/aromatic N) is 5. The number of hydrogen-bond donors (Lipinski definition) is 0. The largest absolute Gasteiger partial charge is 0.306 e. The molecule has 5 aromatic heterocycles. The molecule has 0 fully saturated rings. The quantitative estimate of drug-likeness (QED) is 0.257. The number of para-hydroxylation sites is 1. The Kier molecular flexibility index (Phi) is 4.45. The smallest absolute Gasteiger partial charge is 0.137 e. The molecule has 0 atom stereocenters. The van der Waals surface area contributed by atoms with Gasteiger partial charge in [-0.15, -0.1) is 0 Å². The van der Waals surface area contributed by atoms with E-state index in [0.29, 0.717) is 0 Å². The van der Waals surface area contributed by atoms with Crippen LogP contribution in [0.1, 0.15) is 0 Å². The number of pyridine rings is 3. The van der Waals surface area contributed by atoms with Crippen molar-refractivity contribution in [3.05, 3.63) is 128 Å². The highest BCUT2D eigenvalue weighted by Crippen LogP contribution is 2.35. The van der Waals surface area contributed by atoms with Crippen molar-refractivity contribution in [1.82, 2.24) is 23.8 Å². The molecule has 0 spiro atoms. The van der Waals surface area contributed by atoms with E-state index in [1.54, 1.807) is 0 Å². The van der Waals surface area contributed by atoms with E-state index in [9.17, 15) is 0 Å². The summed E-state index contributed by atoms with van der Waals surface area (Å²) in [7, 11) is 0. The van der Waals surface area contributed by atoms with Crippen LogP contribution in [0.25, 0.3) is 66.9 Å². The van der Waals surface area contributed by atoms with E-state index in [4.69, 9.17) is 15.0 Å². The summed E-state index contributed by atoms with van der Waals surface area (Å²) in [5.41, 5.74) is 11.1. The van der Waals surface area contributed by atoms with Gasteiger partial charge in [0.15, 0.2) is 0 Å². The Labute approximate surface area is 218 Å². The Bertz CT molecular complexity index is 2120. The van der Waals surface area contributed by atoms with E-state index < -0.39 is 0 Å². The topological polar surface area (TPSA) is 47.5 Å². The molecule has 0 amide bonds. The van der Waals surface area contributed by atoms with Gasteiger partial charge >= 0.3 is 0 Å². The standard InChI is InChI=1S/C33H21N5/c1-2-14-27-26(13-1)32-33(38-18-6-4-16-30(38)36-32)31(35-27)25-12-8-10-23(20-25)22-9-7-11-24(19-22)28-21-37-17-5-3-15-29(37)34-28/h1-21H. The van der Waals surface area contributed by atoms with Crippen LogP contribution in [-0.2, 0) is 0 Å².